The van der Waals surface area contributed by atoms with E-state index in [1.165, 1.54) is 5.56 Å². The van der Waals surface area contributed by atoms with Crippen LogP contribution in [0.4, 0.5) is 0 Å². The Bertz CT molecular complexity index is 972. The van der Waals surface area contributed by atoms with Gasteiger partial charge in [0.05, 0.1) is 5.69 Å². The van der Waals surface area contributed by atoms with Crippen LogP contribution in [0.3, 0.4) is 0 Å². The van der Waals surface area contributed by atoms with Crippen LogP contribution in [-0.2, 0) is 5.75 Å². The first-order valence-corrected chi connectivity index (χ1v) is 10.1. The Morgan fingerprint density at radius 3 is 2.82 bits per heavy atom. The van der Waals surface area contributed by atoms with Gasteiger partial charge in [0.25, 0.3) is 5.91 Å². The molecule has 0 spiro atoms. The summed E-state index contributed by atoms with van der Waals surface area (Å²) >= 11 is 1.78. The number of carbonyl (C=O) groups excluding carboxylic acids is 1. The summed E-state index contributed by atoms with van der Waals surface area (Å²) < 4.78 is 16.2. The summed E-state index contributed by atoms with van der Waals surface area (Å²) in [5, 5.41) is 6.94. The summed E-state index contributed by atoms with van der Waals surface area (Å²) in [5.74, 6) is 3.31. The zero-order valence-electron chi connectivity index (χ0n) is 15.4. The van der Waals surface area contributed by atoms with Crippen molar-refractivity contribution in [1.82, 2.24) is 10.5 Å². The van der Waals surface area contributed by atoms with Crippen molar-refractivity contribution < 1.29 is 18.8 Å². The molecule has 2 aromatic carbocycles. The van der Waals surface area contributed by atoms with Crippen LogP contribution in [0, 0.1) is 6.92 Å². The van der Waals surface area contributed by atoms with Gasteiger partial charge in [-0.1, -0.05) is 35.5 Å². The number of hydrogen-bond donors (Lipinski definition) is 1. The number of nitrogens with zero attached hydrogens (tertiary/aromatic N) is 1. The second-order valence-corrected chi connectivity index (χ2v) is 7.44. The van der Waals surface area contributed by atoms with Gasteiger partial charge in [0.15, 0.2) is 17.3 Å². The molecule has 0 aliphatic carbocycles. The maximum Gasteiger partial charge on any atom is 0.257 e. The van der Waals surface area contributed by atoms with Crippen molar-refractivity contribution in [3.63, 3.8) is 0 Å². The molecule has 1 aromatic heterocycles. The molecule has 1 N–H and O–H groups in total. The van der Waals surface area contributed by atoms with Crippen LogP contribution in [0.25, 0.3) is 11.3 Å². The molecule has 0 fully saturated rings. The quantitative estimate of drug-likeness (QED) is 0.608. The number of nitrogens with one attached hydrogen (secondary N) is 1. The van der Waals surface area contributed by atoms with Gasteiger partial charge >= 0.3 is 0 Å². The lowest BCUT2D eigenvalue weighted by atomic mass is 10.1. The number of benzene rings is 2. The van der Waals surface area contributed by atoms with E-state index in [1.54, 1.807) is 30.8 Å². The summed E-state index contributed by atoms with van der Waals surface area (Å²) in [7, 11) is 0. The van der Waals surface area contributed by atoms with Crippen LogP contribution in [0.15, 0.2) is 53.1 Å². The molecule has 0 radical (unpaired) electrons. The van der Waals surface area contributed by atoms with Crippen LogP contribution in [0.2, 0.25) is 0 Å². The van der Waals surface area contributed by atoms with Gasteiger partial charge in [-0.15, -0.1) is 0 Å². The third-order valence-electron chi connectivity index (χ3n) is 4.37. The first-order valence-electron chi connectivity index (χ1n) is 8.98. The molecule has 2 heterocycles. The highest BCUT2D eigenvalue weighted by Crippen LogP contribution is 2.37. The highest BCUT2D eigenvalue weighted by atomic mass is 32.2. The Morgan fingerprint density at radius 2 is 1.96 bits per heavy atom. The smallest absolute Gasteiger partial charge is 0.257 e. The van der Waals surface area contributed by atoms with Gasteiger partial charge in [-0.05, 0) is 30.7 Å². The van der Waals surface area contributed by atoms with Crippen LogP contribution < -0.4 is 14.8 Å². The molecule has 1 aliphatic heterocycles. The van der Waals surface area contributed by atoms with Gasteiger partial charge in [0, 0.05) is 23.6 Å². The van der Waals surface area contributed by atoms with E-state index >= 15 is 0 Å². The van der Waals surface area contributed by atoms with Gasteiger partial charge in [0.1, 0.15) is 5.56 Å². The third kappa shape index (κ3) is 3.99. The number of amides is 1. The zero-order valence-corrected chi connectivity index (χ0v) is 16.3. The molecule has 144 valence electrons. The minimum atomic E-state index is -0.188. The predicted octanol–water partition coefficient (Wildman–Crippen LogP) is 4.04. The van der Waals surface area contributed by atoms with E-state index in [0.717, 1.165) is 17.1 Å². The number of aromatic nitrogens is 1. The number of fused-ring (bicyclic) bond motifs is 1. The largest absolute Gasteiger partial charge is 0.454 e. The first kappa shape index (κ1) is 18.4. The van der Waals surface area contributed by atoms with E-state index in [1.807, 2.05) is 24.3 Å². The number of rotatable bonds is 7. The van der Waals surface area contributed by atoms with Crippen molar-refractivity contribution in [1.29, 1.82) is 0 Å². The first-order chi connectivity index (χ1) is 13.7. The highest BCUT2D eigenvalue weighted by molar-refractivity contribution is 7.98. The summed E-state index contributed by atoms with van der Waals surface area (Å²) in [6, 6.07) is 15.7. The van der Waals surface area contributed by atoms with Crippen molar-refractivity contribution >= 4 is 17.7 Å². The van der Waals surface area contributed by atoms with Crippen LogP contribution in [0.5, 0.6) is 11.5 Å². The van der Waals surface area contributed by atoms with E-state index in [0.29, 0.717) is 35.1 Å². The van der Waals surface area contributed by atoms with Gasteiger partial charge in [-0.25, -0.2) is 0 Å². The Kier molecular flexibility index (Phi) is 5.53. The lowest BCUT2D eigenvalue weighted by molar-refractivity contribution is 0.0956. The van der Waals surface area contributed by atoms with Gasteiger partial charge in [-0.3, -0.25) is 4.79 Å². The summed E-state index contributed by atoms with van der Waals surface area (Å²) in [4.78, 5) is 12.7. The van der Waals surface area contributed by atoms with Crippen LogP contribution in [0.1, 0.15) is 21.6 Å². The molecule has 1 aliphatic rings. The number of aryl methyl sites for hydroxylation is 1. The van der Waals surface area contributed by atoms with E-state index < -0.39 is 0 Å². The summed E-state index contributed by atoms with van der Waals surface area (Å²) in [6.45, 7) is 2.53. The molecule has 0 saturated carbocycles. The standard InChI is InChI=1S/C21H20N2O4S/c1-14-19(21(24)22-9-10-28-12-15-5-3-2-4-6-15)20(27-23-14)16-7-8-17-18(11-16)26-13-25-17/h2-8,11H,9-10,12-13H2,1H3,(H,22,24). The molecule has 0 unspecified atom stereocenters. The molecule has 0 bridgehead atoms. The molecule has 0 atom stereocenters. The fraction of sp³-hybridized carbons (Fsp3) is 0.238. The van der Waals surface area contributed by atoms with Crippen LogP contribution in [-0.4, -0.2) is 30.2 Å². The van der Waals surface area contributed by atoms with E-state index in [2.05, 4.69) is 22.6 Å². The van der Waals surface area contributed by atoms with Crippen molar-refractivity contribution in [2.75, 3.05) is 19.1 Å². The topological polar surface area (TPSA) is 73.6 Å². The van der Waals surface area contributed by atoms with Crippen LogP contribution >= 0.6 is 11.8 Å². The van der Waals surface area contributed by atoms with E-state index in [-0.39, 0.29) is 12.7 Å². The minimum Gasteiger partial charge on any atom is -0.454 e. The summed E-state index contributed by atoms with van der Waals surface area (Å²) in [5.41, 5.74) is 3.02. The SMILES string of the molecule is Cc1noc(-c2ccc3c(c2)OCO3)c1C(=O)NCCSCc1ccccc1. The number of ether oxygens (including phenoxy) is 2. The second-order valence-electron chi connectivity index (χ2n) is 6.33. The van der Waals surface area contributed by atoms with Crippen molar-refractivity contribution in [2.24, 2.45) is 0 Å². The molecule has 0 saturated heterocycles. The molecule has 4 rings (SSSR count). The average Bonchev–Trinajstić information content (AvgIpc) is 3.34. The summed E-state index contributed by atoms with van der Waals surface area (Å²) in [6.07, 6.45) is 0. The van der Waals surface area contributed by atoms with Gasteiger partial charge in [0.2, 0.25) is 6.79 Å². The minimum absolute atomic E-state index is 0.188. The number of carbonyl (C=O) groups is 1. The Morgan fingerprint density at radius 1 is 1.14 bits per heavy atom. The third-order valence-corrected chi connectivity index (χ3v) is 5.40. The molecule has 3 aromatic rings. The van der Waals surface area contributed by atoms with Crippen molar-refractivity contribution in [3.8, 4) is 22.8 Å². The van der Waals surface area contributed by atoms with Gasteiger partial charge < -0.3 is 19.3 Å². The molecule has 7 heteroatoms. The number of thioether (sulfide) groups is 1. The number of hydrogen-bond acceptors (Lipinski definition) is 6. The molecular formula is C21H20N2O4S. The van der Waals surface area contributed by atoms with Gasteiger partial charge in [-0.2, -0.15) is 11.8 Å². The molecule has 1 amide bonds. The zero-order chi connectivity index (χ0) is 19.3. The normalized spacial score (nSPS) is 12.2. The lowest BCUT2D eigenvalue weighted by Crippen LogP contribution is -2.26. The lowest BCUT2D eigenvalue weighted by Gasteiger charge is -2.06. The Balaban J connectivity index is 1.37. The monoisotopic (exact) mass is 396 g/mol. The Labute approximate surface area is 167 Å². The van der Waals surface area contributed by atoms with Crippen molar-refractivity contribution in [3.05, 3.63) is 65.4 Å². The van der Waals surface area contributed by atoms with E-state index in [9.17, 15) is 4.79 Å². The second kappa shape index (κ2) is 8.39. The predicted molar refractivity (Wildman–Crippen MR) is 108 cm³/mol. The highest BCUT2D eigenvalue weighted by Gasteiger charge is 2.23. The average molecular weight is 396 g/mol. The molecule has 28 heavy (non-hydrogen) atoms. The molecular weight excluding hydrogens is 376 g/mol. The molecule has 6 nitrogen and oxygen atoms in total. The van der Waals surface area contributed by atoms with E-state index in [4.69, 9.17) is 14.0 Å². The fourth-order valence-corrected chi connectivity index (χ4v) is 3.78. The maximum absolute atomic E-state index is 12.7. The Hall–Kier alpha value is -2.93. The fourth-order valence-electron chi connectivity index (χ4n) is 2.96. The van der Waals surface area contributed by atoms with Crippen molar-refractivity contribution in [2.45, 2.75) is 12.7 Å². The maximum atomic E-state index is 12.7.